The van der Waals surface area contributed by atoms with Crippen LogP contribution in [0, 0.1) is 39.5 Å². The summed E-state index contributed by atoms with van der Waals surface area (Å²) >= 11 is 8.53. The van der Waals surface area contributed by atoms with E-state index in [1.807, 2.05) is 28.7 Å². The normalized spacial score (nSPS) is 11.9. The molecule has 0 amide bonds. The quantitative estimate of drug-likeness (QED) is 0.208. The molecular weight excluding hydrogens is 540 g/mol. The van der Waals surface area contributed by atoms with E-state index in [0.29, 0.717) is 39.7 Å². The molecule has 0 fully saturated rings. The van der Waals surface area contributed by atoms with Crippen LogP contribution in [0.1, 0.15) is 43.6 Å². The lowest BCUT2D eigenvalue weighted by Crippen LogP contribution is -2.19. The van der Waals surface area contributed by atoms with Crippen molar-refractivity contribution in [2.45, 2.75) is 33.7 Å². The summed E-state index contributed by atoms with van der Waals surface area (Å²) in [6, 6.07) is 8.44. The highest BCUT2D eigenvalue weighted by molar-refractivity contribution is 14.1. The topological polar surface area (TPSA) is 73.6 Å². The van der Waals surface area contributed by atoms with Crippen LogP contribution in [-0.4, -0.2) is 16.5 Å². The first-order chi connectivity index (χ1) is 15.1. The number of halogens is 3. The van der Waals surface area contributed by atoms with Crippen LogP contribution in [0.4, 0.5) is 15.8 Å². The van der Waals surface area contributed by atoms with Gasteiger partial charge in [-0.3, -0.25) is 4.98 Å². The molecule has 0 spiro atoms. The lowest BCUT2D eigenvalue weighted by molar-refractivity contribution is 0.443. The van der Waals surface area contributed by atoms with Crippen molar-refractivity contribution in [3.05, 3.63) is 58.3 Å². The van der Waals surface area contributed by atoms with E-state index >= 15 is 0 Å². The van der Waals surface area contributed by atoms with Crippen molar-refractivity contribution >= 4 is 56.5 Å². The van der Waals surface area contributed by atoms with Crippen molar-refractivity contribution in [1.29, 1.82) is 5.26 Å². The van der Waals surface area contributed by atoms with Gasteiger partial charge in [0, 0.05) is 57.7 Å². The molecule has 32 heavy (non-hydrogen) atoms. The number of rotatable bonds is 5. The van der Waals surface area contributed by atoms with Crippen LogP contribution < -0.4 is 10.6 Å². The first-order valence-electron chi connectivity index (χ1n) is 9.90. The molecule has 5 nitrogen and oxygen atoms in total. The molecule has 2 aromatic heterocycles. The largest absolute Gasteiger partial charge is 0.383 e. The summed E-state index contributed by atoms with van der Waals surface area (Å²) in [6.45, 7) is 8.75. The number of aryl methyl sites for hydroxylation is 1. The fourth-order valence-corrected chi connectivity index (χ4v) is 3.81. The van der Waals surface area contributed by atoms with Gasteiger partial charge in [-0.1, -0.05) is 38.3 Å². The van der Waals surface area contributed by atoms with E-state index in [2.05, 4.69) is 57.3 Å². The molecule has 1 aromatic carbocycles. The highest BCUT2D eigenvalue weighted by atomic mass is 127. The second kappa shape index (κ2) is 9.89. The highest BCUT2D eigenvalue weighted by Crippen LogP contribution is 2.35. The van der Waals surface area contributed by atoms with Gasteiger partial charge in [-0.25, -0.2) is 4.98 Å². The van der Waals surface area contributed by atoms with Crippen molar-refractivity contribution in [2.24, 2.45) is 5.41 Å². The van der Waals surface area contributed by atoms with Crippen LogP contribution in [-0.2, 0) is 0 Å². The minimum atomic E-state index is -0.536. The lowest BCUT2D eigenvalue weighted by Gasteiger charge is -2.22. The number of hydrogen-bond donors (Lipinski definition) is 2. The molecule has 0 aliphatic carbocycles. The van der Waals surface area contributed by atoms with Gasteiger partial charge in [0.2, 0.25) is 5.95 Å². The number of aromatic nitrogens is 2. The summed E-state index contributed by atoms with van der Waals surface area (Å²) in [5.41, 5.74) is 3.76. The molecule has 0 aliphatic heterocycles. The highest BCUT2D eigenvalue weighted by Gasteiger charge is 2.18. The summed E-state index contributed by atoms with van der Waals surface area (Å²) in [5, 5.41) is 17.6. The Kier molecular flexibility index (Phi) is 7.43. The Morgan fingerprint density at radius 2 is 2.03 bits per heavy atom. The molecule has 2 heterocycles. The monoisotopic (exact) mass is 561 g/mol. The lowest BCUT2D eigenvalue weighted by atomic mass is 9.96. The number of nitrogens with one attached hydrogen (secondary N) is 2. The number of nitriles is 1. The third-order valence-electron chi connectivity index (χ3n) is 4.75. The molecule has 8 heteroatoms. The molecule has 0 unspecified atom stereocenters. The fraction of sp³-hybridized carbons (Fsp3) is 0.292. The summed E-state index contributed by atoms with van der Waals surface area (Å²) in [4.78, 5) is 8.30. The number of hydrogen-bond acceptors (Lipinski definition) is 5. The number of anilines is 2. The van der Waals surface area contributed by atoms with E-state index < -0.39 is 12.0 Å². The third-order valence-corrected chi connectivity index (χ3v) is 5.35. The average molecular weight is 562 g/mol. The van der Waals surface area contributed by atoms with Crippen molar-refractivity contribution in [3.63, 3.8) is 0 Å². The Morgan fingerprint density at radius 3 is 2.66 bits per heavy atom. The average Bonchev–Trinajstić information content (AvgIpc) is 2.71. The molecule has 0 bridgehead atoms. The molecule has 2 N–H and O–H groups in total. The second-order valence-electron chi connectivity index (χ2n) is 8.55. The molecular formula is C24H22ClFIN5. The van der Waals surface area contributed by atoms with Gasteiger partial charge in [-0.05, 0) is 40.5 Å². The SMILES string of the molecule is Cc1nc(F)ccc1[C@@H](C#CI)Nc1cc(Cl)c2ncc(C#N)c(NCC(C)(C)C)c2c1. The molecule has 0 saturated heterocycles. The van der Waals surface area contributed by atoms with E-state index in [1.54, 1.807) is 19.1 Å². The Balaban J connectivity index is 2.10. The Labute approximate surface area is 205 Å². The Bertz CT molecular complexity index is 1270. The summed E-state index contributed by atoms with van der Waals surface area (Å²) in [5.74, 6) is 2.56. The van der Waals surface area contributed by atoms with Crippen LogP contribution in [0.3, 0.4) is 0 Å². The molecule has 3 aromatic rings. The number of pyridine rings is 2. The van der Waals surface area contributed by atoms with Gasteiger partial charge in [-0.2, -0.15) is 9.65 Å². The summed E-state index contributed by atoms with van der Waals surface area (Å²) in [7, 11) is 0. The molecule has 3 rings (SSSR count). The molecule has 0 aliphatic rings. The van der Waals surface area contributed by atoms with Gasteiger partial charge in [-0.15, -0.1) is 0 Å². The Hall–Kier alpha value is -2.62. The van der Waals surface area contributed by atoms with Crippen molar-refractivity contribution < 1.29 is 4.39 Å². The smallest absolute Gasteiger partial charge is 0.213 e. The van der Waals surface area contributed by atoms with E-state index in [-0.39, 0.29) is 5.41 Å². The Morgan fingerprint density at radius 1 is 1.28 bits per heavy atom. The van der Waals surface area contributed by atoms with Gasteiger partial charge in [0.1, 0.15) is 12.1 Å². The minimum Gasteiger partial charge on any atom is -0.383 e. The first-order valence-corrected chi connectivity index (χ1v) is 11.4. The van der Waals surface area contributed by atoms with E-state index in [4.69, 9.17) is 11.6 Å². The maximum Gasteiger partial charge on any atom is 0.213 e. The number of fused-ring (bicyclic) bond motifs is 1. The van der Waals surface area contributed by atoms with E-state index in [1.165, 1.54) is 12.3 Å². The molecule has 0 saturated carbocycles. The van der Waals surface area contributed by atoms with Gasteiger partial charge < -0.3 is 10.6 Å². The van der Waals surface area contributed by atoms with Gasteiger partial charge in [0.15, 0.2) is 0 Å². The van der Waals surface area contributed by atoms with Crippen LogP contribution in [0.15, 0.2) is 30.5 Å². The van der Waals surface area contributed by atoms with Crippen molar-refractivity contribution in [2.75, 3.05) is 17.2 Å². The van der Waals surface area contributed by atoms with Crippen molar-refractivity contribution in [1.82, 2.24) is 9.97 Å². The third kappa shape index (κ3) is 5.59. The zero-order valence-corrected chi connectivity index (χ0v) is 21.1. The van der Waals surface area contributed by atoms with Crippen LogP contribution >= 0.6 is 34.2 Å². The fourth-order valence-electron chi connectivity index (χ4n) is 3.23. The van der Waals surface area contributed by atoms with Gasteiger partial charge in [0.05, 0.1) is 21.8 Å². The summed E-state index contributed by atoms with van der Waals surface area (Å²) < 4.78 is 16.4. The standard InChI is InChI=1S/C24H22ClFIN5/c1-14-17(5-6-21(26)31-14)20(7-8-27)32-16-9-18-22(30-13-24(2,3)4)15(11-28)12-29-23(18)19(25)10-16/h5-6,9-10,12,20,32H,13H2,1-4H3,(H,29,30)/t20-/m1/s1. The second-order valence-corrected chi connectivity index (χ2v) is 9.50. The predicted octanol–water partition coefficient (Wildman–Crippen LogP) is 6.61. The van der Waals surface area contributed by atoms with Crippen LogP contribution in [0.25, 0.3) is 10.9 Å². The van der Waals surface area contributed by atoms with Crippen LogP contribution in [0.2, 0.25) is 5.02 Å². The van der Waals surface area contributed by atoms with E-state index in [9.17, 15) is 9.65 Å². The van der Waals surface area contributed by atoms with Gasteiger partial charge >= 0.3 is 0 Å². The van der Waals surface area contributed by atoms with E-state index in [0.717, 1.165) is 10.9 Å². The minimum absolute atomic E-state index is 0.00998. The maximum atomic E-state index is 13.5. The molecule has 164 valence electrons. The number of benzene rings is 1. The number of nitrogens with zero attached hydrogens (tertiary/aromatic N) is 3. The molecule has 0 radical (unpaired) electrons. The van der Waals surface area contributed by atoms with Crippen LogP contribution in [0.5, 0.6) is 0 Å². The first kappa shape index (κ1) is 24.0. The molecule has 1 atom stereocenters. The summed E-state index contributed by atoms with van der Waals surface area (Å²) in [6.07, 6.45) is 1.53. The maximum absolute atomic E-state index is 13.5. The van der Waals surface area contributed by atoms with Gasteiger partial charge in [0.25, 0.3) is 0 Å². The van der Waals surface area contributed by atoms with Crippen molar-refractivity contribution in [3.8, 4) is 15.9 Å². The predicted molar refractivity (Wildman–Crippen MR) is 137 cm³/mol. The zero-order valence-electron chi connectivity index (χ0n) is 18.1. The zero-order chi connectivity index (χ0) is 23.5.